The first kappa shape index (κ1) is 15.0. The van der Waals surface area contributed by atoms with Crippen LogP contribution in [-0.2, 0) is 0 Å². The van der Waals surface area contributed by atoms with Gasteiger partial charge in [-0.05, 0) is 51.8 Å². The highest BCUT2D eigenvalue weighted by atomic mass is 15.2. The number of likely N-dealkylation sites (tertiary alicyclic amines) is 1. The molecule has 0 spiro atoms. The van der Waals surface area contributed by atoms with Crippen LogP contribution in [0.5, 0.6) is 0 Å². The lowest BCUT2D eigenvalue weighted by Crippen LogP contribution is -2.49. The summed E-state index contributed by atoms with van der Waals surface area (Å²) in [5, 5.41) is 9.39. The van der Waals surface area contributed by atoms with E-state index in [4.69, 9.17) is 5.73 Å². The zero-order valence-electron chi connectivity index (χ0n) is 12.8. The normalized spacial score (nSPS) is 24.9. The smallest absolute Gasteiger partial charge is 0.0995 e. The molecule has 2 atom stereocenters. The van der Waals surface area contributed by atoms with Gasteiger partial charge in [0.1, 0.15) is 0 Å². The van der Waals surface area contributed by atoms with E-state index in [-0.39, 0.29) is 17.6 Å². The molecule has 0 amide bonds. The van der Waals surface area contributed by atoms with E-state index in [1.54, 1.807) is 0 Å². The molecule has 1 aromatic carbocycles. The molecule has 0 bridgehead atoms. The highest BCUT2D eigenvalue weighted by molar-refractivity contribution is 5.40. The maximum absolute atomic E-state index is 9.39. The standard InChI is InChI=1S/C17H25N3/c1-17(2,3)20-11-7-6-10-15(19)16(20)14-9-5-4-8-13(14)12-18/h4-5,8-9,15-16H,6-7,10-11,19H2,1-3H3. The maximum Gasteiger partial charge on any atom is 0.0995 e. The van der Waals surface area contributed by atoms with Crippen molar-refractivity contribution in [2.24, 2.45) is 5.73 Å². The maximum atomic E-state index is 9.39. The zero-order chi connectivity index (χ0) is 14.8. The van der Waals surface area contributed by atoms with E-state index in [0.717, 1.165) is 24.1 Å². The van der Waals surface area contributed by atoms with Crippen LogP contribution in [0.4, 0.5) is 0 Å². The lowest BCUT2D eigenvalue weighted by atomic mass is 9.90. The first-order chi connectivity index (χ1) is 9.45. The largest absolute Gasteiger partial charge is 0.326 e. The molecule has 1 fully saturated rings. The molecule has 1 saturated heterocycles. The third-order valence-electron chi connectivity index (χ3n) is 4.19. The van der Waals surface area contributed by atoms with Gasteiger partial charge >= 0.3 is 0 Å². The van der Waals surface area contributed by atoms with E-state index in [0.29, 0.717) is 0 Å². The van der Waals surface area contributed by atoms with E-state index in [1.165, 1.54) is 12.8 Å². The second-order valence-corrected chi connectivity index (χ2v) is 6.67. The molecular formula is C17H25N3. The molecule has 2 unspecified atom stereocenters. The summed E-state index contributed by atoms with van der Waals surface area (Å²) in [6.07, 6.45) is 3.37. The molecule has 3 nitrogen and oxygen atoms in total. The lowest BCUT2D eigenvalue weighted by molar-refractivity contribution is 0.0754. The number of hydrogen-bond donors (Lipinski definition) is 1. The molecule has 0 radical (unpaired) electrons. The summed E-state index contributed by atoms with van der Waals surface area (Å²) in [6, 6.07) is 10.4. The Labute approximate surface area is 122 Å². The van der Waals surface area contributed by atoms with Gasteiger partial charge in [0.15, 0.2) is 0 Å². The van der Waals surface area contributed by atoms with Crippen LogP contribution >= 0.6 is 0 Å². The third kappa shape index (κ3) is 3.03. The third-order valence-corrected chi connectivity index (χ3v) is 4.19. The van der Waals surface area contributed by atoms with Crippen LogP contribution in [-0.4, -0.2) is 23.0 Å². The van der Waals surface area contributed by atoms with Crippen LogP contribution in [0.15, 0.2) is 24.3 Å². The van der Waals surface area contributed by atoms with Gasteiger partial charge in [-0.15, -0.1) is 0 Å². The number of benzene rings is 1. The average Bonchev–Trinajstić information content (AvgIpc) is 2.60. The topological polar surface area (TPSA) is 53.0 Å². The molecular weight excluding hydrogens is 246 g/mol. The van der Waals surface area contributed by atoms with E-state index >= 15 is 0 Å². The van der Waals surface area contributed by atoms with Crippen LogP contribution in [0.25, 0.3) is 0 Å². The number of nitrogens with zero attached hydrogens (tertiary/aromatic N) is 2. The molecule has 20 heavy (non-hydrogen) atoms. The van der Waals surface area contributed by atoms with Crippen molar-refractivity contribution in [2.75, 3.05) is 6.54 Å². The van der Waals surface area contributed by atoms with E-state index < -0.39 is 0 Å². The van der Waals surface area contributed by atoms with Crippen molar-refractivity contribution in [2.45, 2.75) is 57.7 Å². The van der Waals surface area contributed by atoms with Gasteiger partial charge in [0, 0.05) is 11.6 Å². The fourth-order valence-corrected chi connectivity index (χ4v) is 3.20. The summed E-state index contributed by atoms with van der Waals surface area (Å²) in [5.74, 6) is 0. The minimum absolute atomic E-state index is 0.0508. The van der Waals surface area contributed by atoms with E-state index in [1.807, 2.05) is 18.2 Å². The zero-order valence-corrected chi connectivity index (χ0v) is 12.8. The quantitative estimate of drug-likeness (QED) is 0.853. The van der Waals surface area contributed by atoms with Crippen molar-refractivity contribution in [1.29, 1.82) is 5.26 Å². The Balaban J connectivity index is 2.49. The van der Waals surface area contributed by atoms with Crippen LogP contribution in [0.3, 0.4) is 0 Å². The van der Waals surface area contributed by atoms with Gasteiger partial charge in [0.25, 0.3) is 0 Å². The van der Waals surface area contributed by atoms with Crippen molar-refractivity contribution >= 4 is 0 Å². The fourth-order valence-electron chi connectivity index (χ4n) is 3.20. The second-order valence-electron chi connectivity index (χ2n) is 6.67. The molecule has 108 valence electrons. The monoisotopic (exact) mass is 271 g/mol. The summed E-state index contributed by atoms with van der Waals surface area (Å²) < 4.78 is 0. The van der Waals surface area contributed by atoms with Gasteiger partial charge in [-0.25, -0.2) is 0 Å². The summed E-state index contributed by atoms with van der Waals surface area (Å²) >= 11 is 0. The molecule has 1 heterocycles. The van der Waals surface area contributed by atoms with Gasteiger partial charge in [0.2, 0.25) is 0 Å². The minimum Gasteiger partial charge on any atom is -0.326 e. The summed E-state index contributed by atoms with van der Waals surface area (Å²) in [4.78, 5) is 2.47. The number of nitriles is 1. The number of rotatable bonds is 1. The minimum atomic E-state index is 0.0508. The van der Waals surface area contributed by atoms with Gasteiger partial charge in [0.05, 0.1) is 17.7 Å². The molecule has 3 heteroatoms. The first-order valence-corrected chi connectivity index (χ1v) is 7.46. The van der Waals surface area contributed by atoms with Crippen molar-refractivity contribution in [3.63, 3.8) is 0 Å². The number of nitrogens with two attached hydrogens (primary N) is 1. The van der Waals surface area contributed by atoms with Crippen LogP contribution in [0.1, 0.15) is 57.2 Å². The second kappa shape index (κ2) is 5.95. The number of hydrogen-bond acceptors (Lipinski definition) is 3. The summed E-state index contributed by atoms with van der Waals surface area (Å²) in [7, 11) is 0. The SMILES string of the molecule is CC(C)(C)N1CCCCC(N)C1c1ccccc1C#N. The predicted molar refractivity (Wildman–Crippen MR) is 82.2 cm³/mol. The van der Waals surface area contributed by atoms with Crippen LogP contribution in [0.2, 0.25) is 0 Å². The Hall–Kier alpha value is -1.37. The molecule has 0 aromatic heterocycles. The molecule has 1 aliphatic heterocycles. The van der Waals surface area contributed by atoms with Gasteiger partial charge in [-0.2, -0.15) is 5.26 Å². The Kier molecular flexibility index (Phi) is 4.47. The predicted octanol–water partition coefficient (Wildman–Crippen LogP) is 3.21. The lowest BCUT2D eigenvalue weighted by Gasteiger charge is -2.43. The average molecular weight is 271 g/mol. The molecule has 1 aromatic rings. The highest BCUT2D eigenvalue weighted by Crippen LogP contribution is 2.35. The molecule has 0 saturated carbocycles. The van der Waals surface area contributed by atoms with Gasteiger partial charge in [-0.1, -0.05) is 24.6 Å². The highest BCUT2D eigenvalue weighted by Gasteiger charge is 2.36. The Morgan fingerprint density at radius 3 is 2.60 bits per heavy atom. The van der Waals surface area contributed by atoms with E-state index in [9.17, 15) is 5.26 Å². The van der Waals surface area contributed by atoms with Gasteiger partial charge < -0.3 is 5.73 Å². The van der Waals surface area contributed by atoms with Crippen molar-refractivity contribution in [3.8, 4) is 6.07 Å². The van der Waals surface area contributed by atoms with Crippen molar-refractivity contribution in [1.82, 2.24) is 4.90 Å². The first-order valence-electron chi connectivity index (χ1n) is 7.46. The molecule has 2 N–H and O–H groups in total. The summed E-state index contributed by atoms with van der Waals surface area (Å²) in [5.41, 5.74) is 8.36. The summed E-state index contributed by atoms with van der Waals surface area (Å²) in [6.45, 7) is 7.73. The Morgan fingerprint density at radius 1 is 1.25 bits per heavy atom. The molecule has 1 aliphatic rings. The molecule has 2 rings (SSSR count). The van der Waals surface area contributed by atoms with Gasteiger partial charge in [-0.3, -0.25) is 4.90 Å². The molecule has 0 aliphatic carbocycles. The fraction of sp³-hybridized carbons (Fsp3) is 0.588. The van der Waals surface area contributed by atoms with Crippen molar-refractivity contribution < 1.29 is 0 Å². The van der Waals surface area contributed by atoms with E-state index in [2.05, 4.69) is 37.8 Å². The van der Waals surface area contributed by atoms with Crippen molar-refractivity contribution in [3.05, 3.63) is 35.4 Å². The Morgan fingerprint density at radius 2 is 1.95 bits per heavy atom. The van der Waals surface area contributed by atoms with Crippen LogP contribution < -0.4 is 5.73 Å². The Bertz CT molecular complexity index is 496. The van der Waals surface area contributed by atoms with Crippen LogP contribution in [0, 0.1) is 11.3 Å².